The van der Waals surface area contributed by atoms with Crippen LogP contribution in [0.1, 0.15) is 77.5 Å². The van der Waals surface area contributed by atoms with Crippen LogP contribution in [0, 0.1) is 5.92 Å². The number of esters is 1. The van der Waals surface area contributed by atoms with E-state index in [1.54, 1.807) is 0 Å². The molecule has 2 aromatic carbocycles. The molecule has 0 spiro atoms. The molecule has 4 nitrogen and oxygen atoms in total. The minimum atomic E-state index is -0.248. The van der Waals surface area contributed by atoms with Crippen molar-refractivity contribution in [2.75, 3.05) is 4.90 Å². The van der Waals surface area contributed by atoms with E-state index in [-0.39, 0.29) is 24.4 Å². The molecule has 1 unspecified atom stereocenters. The molecular formula is C26H37NO3. The van der Waals surface area contributed by atoms with Gasteiger partial charge in [-0.1, -0.05) is 39.0 Å². The first-order valence-electron chi connectivity index (χ1n) is 11.0. The van der Waals surface area contributed by atoms with Crippen LogP contribution in [-0.4, -0.2) is 23.2 Å². The molecule has 0 aromatic heterocycles. The molecule has 2 aromatic rings. The van der Waals surface area contributed by atoms with E-state index in [1.165, 1.54) is 11.3 Å². The van der Waals surface area contributed by atoms with Gasteiger partial charge >= 0.3 is 5.97 Å². The van der Waals surface area contributed by atoms with Crippen LogP contribution in [0.5, 0.6) is 5.75 Å². The fourth-order valence-electron chi connectivity index (χ4n) is 4.02. The number of carbonyl (C=O) groups is 1. The predicted molar refractivity (Wildman–Crippen MR) is 124 cm³/mol. The second-order valence-electron chi connectivity index (χ2n) is 8.76. The summed E-state index contributed by atoms with van der Waals surface area (Å²) in [7, 11) is 0. The third-order valence-electron chi connectivity index (χ3n) is 5.41. The van der Waals surface area contributed by atoms with Gasteiger partial charge in [0.05, 0.1) is 12.5 Å². The highest BCUT2D eigenvalue weighted by Crippen LogP contribution is 2.37. The Morgan fingerprint density at radius 1 is 1.00 bits per heavy atom. The minimum absolute atomic E-state index is 0.0453. The Morgan fingerprint density at radius 2 is 1.67 bits per heavy atom. The van der Waals surface area contributed by atoms with Crippen molar-refractivity contribution in [1.29, 1.82) is 0 Å². The molecule has 0 bridgehead atoms. The lowest BCUT2D eigenvalue weighted by Crippen LogP contribution is -2.37. The predicted octanol–water partition coefficient (Wildman–Crippen LogP) is 5.91. The van der Waals surface area contributed by atoms with Crippen LogP contribution in [-0.2, 0) is 11.4 Å². The average Bonchev–Trinajstić information content (AvgIpc) is 2.69. The fourth-order valence-corrected chi connectivity index (χ4v) is 4.02. The standard InChI is InChI=1S/C26H37NO3/c1-8-23(21-10-9-11-22(15-21)27(18(4)5)19(6)7)24-14-20(16-28)12-13-25(24)30-26(29)17(2)3/h9-15,17-19,23,28H,8,16H2,1-7H3. The number of hydrogen-bond donors (Lipinski definition) is 1. The number of aliphatic hydroxyl groups excluding tert-OH is 1. The molecule has 0 amide bonds. The molecule has 164 valence electrons. The molecule has 0 aliphatic rings. The highest BCUT2D eigenvalue weighted by atomic mass is 16.5. The molecule has 1 N–H and O–H groups in total. The van der Waals surface area contributed by atoms with E-state index < -0.39 is 0 Å². The van der Waals surface area contributed by atoms with Gasteiger partial charge in [0, 0.05) is 29.3 Å². The topological polar surface area (TPSA) is 49.8 Å². The lowest BCUT2D eigenvalue weighted by Gasteiger charge is -2.34. The Kier molecular flexibility index (Phi) is 8.48. The molecule has 0 saturated carbocycles. The summed E-state index contributed by atoms with van der Waals surface area (Å²) in [6.45, 7) is 14.6. The van der Waals surface area contributed by atoms with Crippen molar-refractivity contribution >= 4 is 11.7 Å². The third-order valence-corrected chi connectivity index (χ3v) is 5.41. The van der Waals surface area contributed by atoms with Gasteiger partial charge in [-0.15, -0.1) is 0 Å². The molecule has 0 aliphatic heterocycles. The van der Waals surface area contributed by atoms with E-state index in [0.717, 1.165) is 17.5 Å². The number of nitrogens with zero attached hydrogens (tertiary/aromatic N) is 1. The van der Waals surface area contributed by atoms with Crippen LogP contribution < -0.4 is 9.64 Å². The normalized spacial score (nSPS) is 12.5. The second kappa shape index (κ2) is 10.6. The van der Waals surface area contributed by atoms with Crippen molar-refractivity contribution in [2.24, 2.45) is 5.92 Å². The van der Waals surface area contributed by atoms with Gasteiger partial charge in [0.25, 0.3) is 0 Å². The van der Waals surface area contributed by atoms with Crippen LogP contribution >= 0.6 is 0 Å². The van der Waals surface area contributed by atoms with Gasteiger partial charge in [-0.2, -0.15) is 0 Å². The lowest BCUT2D eigenvalue weighted by molar-refractivity contribution is -0.137. The Morgan fingerprint density at radius 3 is 2.20 bits per heavy atom. The average molecular weight is 412 g/mol. The van der Waals surface area contributed by atoms with Gasteiger partial charge in [-0.3, -0.25) is 4.79 Å². The molecule has 1 atom stereocenters. The van der Waals surface area contributed by atoms with Crippen molar-refractivity contribution in [2.45, 2.75) is 79.5 Å². The van der Waals surface area contributed by atoms with Crippen molar-refractivity contribution in [1.82, 2.24) is 0 Å². The van der Waals surface area contributed by atoms with E-state index in [9.17, 15) is 9.90 Å². The molecule has 0 radical (unpaired) electrons. The van der Waals surface area contributed by atoms with Gasteiger partial charge in [-0.25, -0.2) is 0 Å². The molecule has 0 saturated heterocycles. The number of anilines is 1. The van der Waals surface area contributed by atoms with E-state index >= 15 is 0 Å². The lowest BCUT2D eigenvalue weighted by atomic mass is 9.87. The summed E-state index contributed by atoms with van der Waals surface area (Å²) in [5, 5.41) is 9.67. The molecule has 2 rings (SSSR count). The second-order valence-corrected chi connectivity index (χ2v) is 8.76. The Bertz CT molecular complexity index is 834. The van der Waals surface area contributed by atoms with E-state index in [4.69, 9.17) is 4.74 Å². The maximum absolute atomic E-state index is 12.3. The molecule has 0 fully saturated rings. The number of benzene rings is 2. The van der Waals surface area contributed by atoms with Crippen LogP contribution in [0.3, 0.4) is 0 Å². The Balaban J connectivity index is 2.54. The van der Waals surface area contributed by atoms with Gasteiger partial charge in [0.1, 0.15) is 5.75 Å². The first-order valence-corrected chi connectivity index (χ1v) is 11.0. The number of aliphatic hydroxyl groups is 1. The van der Waals surface area contributed by atoms with Crippen molar-refractivity contribution in [3.05, 3.63) is 59.2 Å². The van der Waals surface area contributed by atoms with Crippen LogP contribution in [0.2, 0.25) is 0 Å². The zero-order valence-corrected chi connectivity index (χ0v) is 19.5. The monoisotopic (exact) mass is 411 g/mol. The van der Waals surface area contributed by atoms with Gasteiger partial charge in [0.15, 0.2) is 0 Å². The number of carbonyl (C=O) groups excluding carboxylic acids is 1. The first-order chi connectivity index (χ1) is 14.2. The van der Waals surface area contributed by atoms with E-state index in [1.807, 2.05) is 32.0 Å². The summed E-state index contributed by atoms with van der Waals surface area (Å²) in [5.41, 5.74) is 4.12. The molecule has 30 heavy (non-hydrogen) atoms. The number of hydrogen-bond acceptors (Lipinski definition) is 4. The van der Waals surface area contributed by atoms with Crippen LogP contribution in [0.15, 0.2) is 42.5 Å². The largest absolute Gasteiger partial charge is 0.426 e. The van der Waals surface area contributed by atoms with E-state index in [0.29, 0.717) is 17.8 Å². The molecule has 4 heteroatoms. The number of rotatable bonds is 9. The minimum Gasteiger partial charge on any atom is -0.426 e. The Labute approximate surface area is 181 Å². The molecule has 0 aliphatic carbocycles. The summed E-state index contributed by atoms with van der Waals surface area (Å²) >= 11 is 0. The zero-order valence-electron chi connectivity index (χ0n) is 19.5. The van der Waals surface area contributed by atoms with Crippen molar-refractivity contribution < 1.29 is 14.6 Å². The Hall–Kier alpha value is -2.33. The SMILES string of the molecule is CCC(c1cccc(N(C(C)C)C(C)C)c1)c1cc(CO)ccc1OC(=O)C(C)C. The van der Waals surface area contributed by atoms with Crippen LogP contribution in [0.4, 0.5) is 5.69 Å². The molecular weight excluding hydrogens is 374 g/mol. The summed E-state index contributed by atoms with van der Waals surface area (Å²) in [5.74, 6) is 0.187. The maximum Gasteiger partial charge on any atom is 0.313 e. The molecule has 0 heterocycles. The van der Waals surface area contributed by atoms with Gasteiger partial charge in [0.2, 0.25) is 0 Å². The third kappa shape index (κ3) is 5.63. The summed E-state index contributed by atoms with van der Waals surface area (Å²) in [6.07, 6.45) is 0.855. The summed E-state index contributed by atoms with van der Waals surface area (Å²) < 4.78 is 5.73. The zero-order chi connectivity index (χ0) is 22.4. The van der Waals surface area contributed by atoms with Crippen molar-refractivity contribution in [3.8, 4) is 5.75 Å². The van der Waals surface area contributed by atoms with Crippen LogP contribution in [0.25, 0.3) is 0 Å². The number of ether oxygens (including phenoxy) is 1. The van der Waals surface area contributed by atoms with Crippen molar-refractivity contribution in [3.63, 3.8) is 0 Å². The smallest absolute Gasteiger partial charge is 0.313 e. The van der Waals surface area contributed by atoms with E-state index in [2.05, 4.69) is 63.8 Å². The van der Waals surface area contributed by atoms with Gasteiger partial charge in [-0.05, 0) is 69.5 Å². The quantitative estimate of drug-likeness (QED) is 0.412. The highest BCUT2D eigenvalue weighted by Gasteiger charge is 2.22. The maximum atomic E-state index is 12.3. The first kappa shape index (κ1) is 23.9. The summed E-state index contributed by atoms with van der Waals surface area (Å²) in [6, 6.07) is 15.0. The van der Waals surface area contributed by atoms with Gasteiger partial charge < -0.3 is 14.7 Å². The fraction of sp³-hybridized carbons (Fsp3) is 0.500. The highest BCUT2D eigenvalue weighted by molar-refractivity contribution is 5.75. The summed E-state index contributed by atoms with van der Waals surface area (Å²) in [4.78, 5) is 14.7.